The molecule has 0 aliphatic heterocycles. The molecule has 0 atom stereocenters. The maximum Gasteiger partial charge on any atom is 0.147 e. The van der Waals surface area contributed by atoms with Crippen molar-refractivity contribution in [1.29, 1.82) is 0 Å². The molecule has 2 rings (SSSR count). The van der Waals surface area contributed by atoms with E-state index in [1.165, 1.54) is 37.7 Å². The second-order valence-corrected chi connectivity index (χ2v) is 7.16. The van der Waals surface area contributed by atoms with Gasteiger partial charge in [-0.15, -0.1) is 0 Å². The summed E-state index contributed by atoms with van der Waals surface area (Å²) in [6.07, 6.45) is 7.80. The van der Waals surface area contributed by atoms with Crippen LogP contribution in [0.1, 0.15) is 51.0 Å². The molecular formula is C16H23Br2NO. The van der Waals surface area contributed by atoms with Crippen molar-refractivity contribution in [3.05, 3.63) is 26.6 Å². The molecule has 0 spiro atoms. The zero-order valence-corrected chi connectivity index (χ0v) is 15.2. The van der Waals surface area contributed by atoms with Gasteiger partial charge in [0.2, 0.25) is 0 Å². The van der Waals surface area contributed by atoms with Gasteiger partial charge in [0.15, 0.2) is 0 Å². The molecule has 112 valence electrons. The first kappa shape index (κ1) is 16.3. The van der Waals surface area contributed by atoms with E-state index in [4.69, 9.17) is 4.74 Å². The third kappa shape index (κ3) is 4.74. The molecule has 0 saturated heterocycles. The van der Waals surface area contributed by atoms with Crippen LogP contribution in [-0.4, -0.2) is 12.6 Å². The Kier molecular flexibility index (Phi) is 6.85. The Morgan fingerprint density at radius 1 is 1.15 bits per heavy atom. The van der Waals surface area contributed by atoms with Crippen LogP contribution >= 0.6 is 31.9 Å². The van der Waals surface area contributed by atoms with Gasteiger partial charge < -0.3 is 10.1 Å². The summed E-state index contributed by atoms with van der Waals surface area (Å²) in [5, 5.41) is 3.67. The Bertz CT molecular complexity index is 407. The van der Waals surface area contributed by atoms with Crippen molar-refractivity contribution in [1.82, 2.24) is 5.32 Å². The minimum atomic E-state index is 0.692. The van der Waals surface area contributed by atoms with E-state index in [-0.39, 0.29) is 0 Å². The van der Waals surface area contributed by atoms with Crippen molar-refractivity contribution < 1.29 is 4.74 Å². The summed E-state index contributed by atoms with van der Waals surface area (Å²) in [5.74, 6) is 0.910. The highest BCUT2D eigenvalue weighted by Crippen LogP contribution is 2.35. The number of ether oxygens (including phenoxy) is 1. The molecule has 1 aromatic carbocycles. The molecule has 0 bridgehead atoms. The van der Waals surface area contributed by atoms with Crippen molar-refractivity contribution in [2.24, 2.45) is 0 Å². The van der Waals surface area contributed by atoms with E-state index in [0.717, 1.165) is 34.3 Å². The molecule has 1 fully saturated rings. The summed E-state index contributed by atoms with van der Waals surface area (Å²) in [5.41, 5.74) is 1.29. The monoisotopic (exact) mass is 403 g/mol. The van der Waals surface area contributed by atoms with Crippen molar-refractivity contribution in [3.63, 3.8) is 0 Å². The van der Waals surface area contributed by atoms with E-state index in [1.54, 1.807) is 0 Å². The average molecular weight is 405 g/mol. The van der Waals surface area contributed by atoms with Gasteiger partial charge in [-0.05, 0) is 68.8 Å². The van der Waals surface area contributed by atoms with Gasteiger partial charge in [0.05, 0.1) is 15.6 Å². The maximum absolute atomic E-state index is 5.75. The Hall–Kier alpha value is -0.0600. The summed E-state index contributed by atoms with van der Waals surface area (Å²) in [6.45, 7) is 3.79. The van der Waals surface area contributed by atoms with Crippen molar-refractivity contribution in [2.75, 3.05) is 6.61 Å². The second-order valence-electron chi connectivity index (χ2n) is 5.45. The lowest BCUT2D eigenvalue weighted by Crippen LogP contribution is -2.30. The van der Waals surface area contributed by atoms with Crippen LogP contribution in [0, 0.1) is 0 Å². The lowest BCUT2D eigenvalue weighted by Gasteiger charge is -2.23. The number of halogens is 2. The molecule has 1 aliphatic rings. The van der Waals surface area contributed by atoms with E-state index in [9.17, 15) is 0 Å². The molecular weight excluding hydrogens is 382 g/mol. The minimum absolute atomic E-state index is 0.692. The van der Waals surface area contributed by atoms with Crippen LogP contribution in [0.25, 0.3) is 0 Å². The summed E-state index contributed by atoms with van der Waals surface area (Å²) in [6, 6.07) is 5.01. The van der Waals surface area contributed by atoms with E-state index >= 15 is 0 Å². The number of hydrogen-bond donors (Lipinski definition) is 1. The predicted octanol–water partition coefficient (Wildman–Crippen LogP) is 5.42. The molecule has 1 aromatic rings. The fourth-order valence-electron chi connectivity index (χ4n) is 2.63. The smallest absolute Gasteiger partial charge is 0.147 e. The van der Waals surface area contributed by atoms with E-state index in [1.807, 2.05) is 0 Å². The van der Waals surface area contributed by atoms with E-state index < -0.39 is 0 Å². The summed E-state index contributed by atoms with van der Waals surface area (Å²) in [7, 11) is 0. The summed E-state index contributed by atoms with van der Waals surface area (Å²) in [4.78, 5) is 0. The number of nitrogens with one attached hydrogen (secondary N) is 1. The third-order valence-electron chi connectivity index (χ3n) is 3.71. The summed E-state index contributed by atoms with van der Waals surface area (Å²) >= 11 is 7.22. The number of rotatable bonds is 6. The molecule has 0 unspecified atom stereocenters. The topological polar surface area (TPSA) is 21.3 Å². The van der Waals surface area contributed by atoms with E-state index in [2.05, 4.69) is 56.2 Å². The van der Waals surface area contributed by atoms with E-state index in [0.29, 0.717) is 6.04 Å². The Morgan fingerprint density at radius 2 is 1.80 bits per heavy atom. The normalized spacial score (nSPS) is 16.4. The highest BCUT2D eigenvalue weighted by molar-refractivity contribution is 9.11. The van der Waals surface area contributed by atoms with Crippen LogP contribution in [0.15, 0.2) is 21.1 Å². The van der Waals surface area contributed by atoms with Gasteiger partial charge in [0.1, 0.15) is 5.75 Å². The molecule has 0 radical (unpaired) electrons. The van der Waals surface area contributed by atoms with Crippen molar-refractivity contribution in [3.8, 4) is 5.75 Å². The van der Waals surface area contributed by atoms with Gasteiger partial charge in [0.25, 0.3) is 0 Å². The molecule has 0 heterocycles. The molecule has 1 N–H and O–H groups in total. The van der Waals surface area contributed by atoms with Crippen LogP contribution < -0.4 is 10.1 Å². The van der Waals surface area contributed by atoms with Gasteiger partial charge in [-0.1, -0.05) is 26.2 Å². The van der Waals surface area contributed by atoms with Gasteiger partial charge in [-0.25, -0.2) is 0 Å². The lowest BCUT2D eigenvalue weighted by atomic mass is 9.95. The summed E-state index contributed by atoms with van der Waals surface area (Å²) < 4.78 is 7.81. The van der Waals surface area contributed by atoms with Crippen LogP contribution in [0.3, 0.4) is 0 Å². The highest BCUT2D eigenvalue weighted by atomic mass is 79.9. The molecule has 4 heteroatoms. The molecule has 1 aliphatic carbocycles. The standard InChI is InChI=1S/C16H23Br2NO/c1-2-8-20-16-14(17)9-12(10-15(16)18)11-19-13-6-4-3-5-7-13/h9-10,13,19H,2-8,11H2,1H3. The van der Waals surface area contributed by atoms with Crippen molar-refractivity contribution in [2.45, 2.75) is 58.0 Å². The fourth-order valence-corrected chi connectivity index (χ4v) is 4.14. The second kappa shape index (κ2) is 8.40. The highest BCUT2D eigenvalue weighted by Gasteiger charge is 2.13. The molecule has 2 nitrogen and oxygen atoms in total. The largest absolute Gasteiger partial charge is 0.491 e. The number of hydrogen-bond acceptors (Lipinski definition) is 2. The third-order valence-corrected chi connectivity index (χ3v) is 4.89. The van der Waals surface area contributed by atoms with Crippen LogP contribution in [0.2, 0.25) is 0 Å². The van der Waals surface area contributed by atoms with Crippen LogP contribution in [0.5, 0.6) is 5.75 Å². The molecule has 0 amide bonds. The van der Waals surface area contributed by atoms with Crippen LogP contribution in [0.4, 0.5) is 0 Å². The first-order valence-corrected chi connectivity index (χ1v) is 9.13. The quantitative estimate of drug-likeness (QED) is 0.683. The van der Waals surface area contributed by atoms with Gasteiger partial charge in [-0.3, -0.25) is 0 Å². The first-order chi connectivity index (χ1) is 9.70. The zero-order valence-electron chi connectivity index (χ0n) is 12.1. The average Bonchev–Trinajstić information content (AvgIpc) is 2.45. The predicted molar refractivity (Wildman–Crippen MR) is 91.3 cm³/mol. The van der Waals surface area contributed by atoms with Crippen molar-refractivity contribution >= 4 is 31.9 Å². The Labute approximate surface area is 138 Å². The van der Waals surface area contributed by atoms with Crippen LogP contribution in [-0.2, 0) is 6.54 Å². The zero-order chi connectivity index (χ0) is 14.4. The SMILES string of the molecule is CCCOc1c(Br)cc(CNC2CCCCC2)cc1Br. The van der Waals surface area contributed by atoms with Gasteiger partial charge in [0, 0.05) is 12.6 Å². The minimum Gasteiger partial charge on any atom is -0.491 e. The van der Waals surface area contributed by atoms with Gasteiger partial charge in [-0.2, -0.15) is 0 Å². The lowest BCUT2D eigenvalue weighted by molar-refractivity contribution is 0.313. The fraction of sp³-hybridized carbons (Fsp3) is 0.625. The molecule has 1 saturated carbocycles. The Balaban J connectivity index is 1.94. The maximum atomic E-state index is 5.75. The number of benzene rings is 1. The Morgan fingerprint density at radius 3 is 2.40 bits per heavy atom. The first-order valence-electron chi connectivity index (χ1n) is 7.54. The van der Waals surface area contributed by atoms with Gasteiger partial charge >= 0.3 is 0 Å². The molecule has 0 aromatic heterocycles. The molecule has 20 heavy (non-hydrogen) atoms.